The molecule has 0 spiro atoms. The Balaban J connectivity index is 4.10. The van der Waals surface area contributed by atoms with Crippen molar-refractivity contribution in [3.05, 3.63) is 0 Å². The number of ether oxygens (including phenoxy) is 1. The van der Waals surface area contributed by atoms with Gasteiger partial charge in [0.25, 0.3) is 0 Å². The SMILES string of the molecule is [B]OOCC(N)C(=O)NC(C)(C)CCOC(C)(C)C. The lowest BCUT2D eigenvalue weighted by atomic mass is 10.0. The molecule has 0 saturated heterocycles. The van der Waals surface area contributed by atoms with Gasteiger partial charge in [0.2, 0.25) is 5.91 Å². The average molecular weight is 272 g/mol. The molecule has 0 aliphatic carbocycles. The maximum atomic E-state index is 11.8. The average Bonchev–Trinajstić information content (AvgIpc) is 2.22. The van der Waals surface area contributed by atoms with Crippen molar-refractivity contribution in [2.24, 2.45) is 5.73 Å². The predicted molar refractivity (Wildman–Crippen MR) is 73.3 cm³/mol. The van der Waals surface area contributed by atoms with Crippen LogP contribution in [0.3, 0.4) is 0 Å². The van der Waals surface area contributed by atoms with E-state index in [1.54, 1.807) is 0 Å². The van der Waals surface area contributed by atoms with Crippen molar-refractivity contribution in [1.82, 2.24) is 5.32 Å². The van der Waals surface area contributed by atoms with Crippen molar-refractivity contribution in [2.45, 2.75) is 58.2 Å². The van der Waals surface area contributed by atoms with Crippen molar-refractivity contribution in [3.8, 4) is 0 Å². The summed E-state index contributed by atoms with van der Waals surface area (Å²) in [5.41, 5.74) is 5.00. The Kier molecular flexibility index (Phi) is 7.58. The summed E-state index contributed by atoms with van der Waals surface area (Å²) >= 11 is 0. The molecule has 0 aromatic heterocycles. The maximum Gasteiger partial charge on any atom is 0.338 e. The molecule has 1 amide bonds. The van der Waals surface area contributed by atoms with Crippen molar-refractivity contribution in [1.29, 1.82) is 0 Å². The van der Waals surface area contributed by atoms with Crippen LogP contribution in [0.1, 0.15) is 41.0 Å². The zero-order valence-corrected chi connectivity index (χ0v) is 12.5. The van der Waals surface area contributed by atoms with Crippen LogP contribution in [-0.2, 0) is 19.2 Å². The summed E-state index contributed by atoms with van der Waals surface area (Å²) < 4.78 is 5.63. The van der Waals surface area contributed by atoms with Crippen molar-refractivity contribution in [3.63, 3.8) is 0 Å². The molecular weight excluding hydrogens is 247 g/mol. The fourth-order valence-corrected chi connectivity index (χ4v) is 1.29. The summed E-state index contributed by atoms with van der Waals surface area (Å²) in [5, 5.41) is 2.83. The molecule has 0 aromatic carbocycles. The highest BCUT2D eigenvalue weighted by molar-refractivity contribution is 5.97. The highest BCUT2D eigenvalue weighted by Crippen LogP contribution is 2.13. The minimum absolute atomic E-state index is 0.100. The number of nitrogens with one attached hydrogen (secondary N) is 1. The first kappa shape index (κ1) is 18.4. The van der Waals surface area contributed by atoms with Gasteiger partial charge in [0.15, 0.2) is 0 Å². The summed E-state index contributed by atoms with van der Waals surface area (Å²) in [6.45, 7) is 10.2. The molecule has 0 bridgehead atoms. The van der Waals surface area contributed by atoms with Gasteiger partial charge < -0.3 is 20.6 Å². The Hall–Kier alpha value is -0.625. The second-order valence-corrected chi connectivity index (χ2v) is 6.07. The van der Waals surface area contributed by atoms with E-state index in [1.807, 2.05) is 34.6 Å². The quantitative estimate of drug-likeness (QED) is 0.381. The Morgan fingerprint density at radius 2 is 1.89 bits per heavy atom. The highest BCUT2D eigenvalue weighted by Gasteiger charge is 2.24. The fourth-order valence-electron chi connectivity index (χ4n) is 1.29. The van der Waals surface area contributed by atoms with E-state index >= 15 is 0 Å². The first-order valence-corrected chi connectivity index (χ1v) is 6.27. The van der Waals surface area contributed by atoms with Gasteiger partial charge in [-0.1, -0.05) is 0 Å². The normalized spacial score (nSPS) is 14.2. The van der Waals surface area contributed by atoms with Crippen molar-refractivity contribution >= 4 is 14.0 Å². The molecule has 0 aliphatic rings. The molecule has 6 nitrogen and oxygen atoms in total. The number of hydrogen-bond donors (Lipinski definition) is 2. The maximum absolute atomic E-state index is 11.8. The van der Waals surface area contributed by atoms with Crippen LogP contribution < -0.4 is 11.1 Å². The van der Waals surface area contributed by atoms with Crippen LogP contribution in [0.15, 0.2) is 0 Å². The van der Waals surface area contributed by atoms with Crippen LogP contribution in [0.2, 0.25) is 0 Å². The first-order valence-electron chi connectivity index (χ1n) is 6.27. The first-order chi connectivity index (χ1) is 8.57. The molecule has 0 aromatic rings. The van der Waals surface area contributed by atoms with E-state index in [0.29, 0.717) is 13.0 Å². The van der Waals surface area contributed by atoms with E-state index < -0.39 is 11.6 Å². The molecule has 1 unspecified atom stereocenters. The Labute approximate surface area is 116 Å². The fraction of sp³-hybridized carbons (Fsp3) is 0.917. The van der Waals surface area contributed by atoms with Crippen LogP contribution in [-0.4, -0.2) is 44.4 Å². The molecule has 1 atom stereocenters. The van der Waals surface area contributed by atoms with Gasteiger partial charge in [-0.2, -0.15) is 0 Å². The second kappa shape index (κ2) is 7.84. The van der Waals surface area contributed by atoms with E-state index in [9.17, 15) is 4.79 Å². The molecule has 0 aliphatic heterocycles. The lowest BCUT2D eigenvalue weighted by molar-refractivity contribution is -0.207. The summed E-state index contributed by atoms with van der Waals surface area (Å²) in [5.74, 6) is -0.321. The van der Waals surface area contributed by atoms with Crippen LogP contribution in [0.25, 0.3) is 0 Å². The Morgan fingerprint density at radius 3 is 2.37 bits per heavy atom. The summed E-state index contributed by atoms with van der Waals surface area (Å²) in [7, 11) is 4.68. The van der Waals surface area contributed by atoms with E-state index in [4.69, 9.17) is 10.5 Å². The minimum atomic E-state index is -0.827. The number of nitrogens with two attached hydrogens (primary N) is 1. The van der Waals surface area contributed by atoms with Crippen molar-refractivity contribution in [2.75, 3.05) is 13.2 Å². The van der Waals surface area contributed by atoms with E-state index in [-0.39, 0.29) is 18.1 Å². The molecule has 110 valence electrons. The lowest BCUT2D eigenvalue weighted by Gasteiger charge is -2.29. The molecule has 0 saturated carbocycles. The van der Waals surface area contributed by atoms with Gasteiger partial charge in [-0.25, -0.2) is 0 Å². The molecule has 0 fully saturated rings. The van der Waals surface area contributed by atoms with E-state index in [2.05, 4.69) is 23.1 Å². The summed E-state index contributed by atoms with van der Waals surface area (Å²) in [6.07, 6.45) is 0.678. The van der Waals surface area contributed by atoms with Gasteiger partial charge >= 0.3 is 8.05 Å². The van der Waals surface area contributed by atoms with Gasteiger partial charge in [0.1, 0.15) is 12.6 Å². The lowest BCUT2D eigenvalue weighted by Crippen LogP contribution is -2.52. The monoisotopic (exact) mass is 272 g/mol. The van der Waals surface area contributed by atoms with Gasteiger partial charge in [0.05, 0.1) is 5.60 Å². The second-order valence-electron chi connectivity index (χ2n) is 6.07. The Bertz CT molecular complexity index is 279. The third-order valence-electron chi connectivity index (χ3n) is 2.38. The molecule has 0 heterocycles. The van der Waals surface area contributed by atoms with E-state index in [0.717, 1.165) is 0 Å². The van der Waals surface area contributed by atoms with Crippen molar-refractivity contribution < 1.29 is 19.2 Å². The number of amides is 1. The van der Waals surface area contributed by atoms with Crippen LogP contribution >= 0.6 is 0 Å². The molecule has 3 N–H and O–H groups in total. The largest absolute Gasteiger partial charge is 0.376 e. The summed E-state index contributed by atoms with van der Waals surface area (Å²) in [6, 6.07) is -0.827. The third-order valence-corrected chi connectivity index (χ3v) is 2.38. The standard InChI is InChI=1S/C12H25BN2O4/c1-11(2,3)17-7-6-12(4,5)15-10(16)9(14)8-18-19-13/h9H,6-8,14H2,1-5H3,(H,15,16). The molecule has 2 radical (unpaired) electrons. The van der Waals surface area contributed by atoms with E-state index in [1.165, 1.54) is 0 Å². The molecule has 7 heteroatoms. The number of carbonyl (C=O) groups excluding carboxylic acids is 1. The van der Waals surface area contributed by atoms with Crippen LogP contribution in [0.4, 0.5) is 0 Å². The third kappa shape index (κ3) is 9.89. The molecule has 0 rings (SSSR count). The van der Waals surface area contributed by atoms with Gasteiger partial charge in [-0.15, -0.1) is 0 Å². The van der Waals surface area contributed by atoms with Gasteiger partial charge in [0, 0.05) is 12.1 Å². The number of hydrogen-bond acceptors (Lipinski definition) is 5. The zero-order valence-electron chi connectivity index (χ0n) is 12.5. The summed E-state index contributed by atoms with van der Waals surface area (Å²) in [4.78, 5) is 20.1. The number of rotatable bonds is 8. The van der Waals surface area contributed by atoms with Crippen LogP contribution in [0.5, 0.6) is 0 Å². The van der Waals surface area contributed by atoms with Gasteiger partial charge in [-0.3, -0.25) is 9.68 Å². The topological polar surface area (TPSA) is 82.8 Å². The number of carbonyl (C=O) groups is 1. The molecular formula is C12H25BN2O4. The molecule has 19 heavy (non-hydrogen) atoms. The highest BCUT2D eigenvalue weighted by atomic mass is 17.2. The van der Waals surface area contributed by atoms with Gasteiger partial charge in [-0.05, 0) is 41.0 Å². The smallest absolute Gasteiger partial charge is 0.338 e. The predicted octanol–water partition coefficient (Wildman–Crippen LogP) is 0.445. The Morgan fingerprint density at radius 1 is 1.32 bits per heavy atom. The zero-order chi connectivity index (χ0) is 15.1. The minimum Gasteiger partial charge on any atom is -0.376 e. The van der Waals surface area contributed by atoms with Crippen LogP contribution in [0, 0.1) is 0 Å².